The number of nitrogens with one attached hydrogen (secondary N) is 1. The van der Waals surface area contributed by atoms with Crippen LogP contribution in [0.3, 0.4) is 0 Å². The maximum atomic E-state index is 12.9. The lowest BCUT2D eigenvalue weighted by molar-refractivity contribution is -0.384. The monoisotopic (exact) mass is 661 g/mol. The highest BCUT2D eigenvalue weighted by atomic mass is 79.9. The summed E-state index contributed by atoms with van der Waals surface area (Å²) in [5, 5.41) is 24.0. The fraction of sp³-hybridized carbons (Fsp3) is 0.125. The van der Waals surface area contributed by atoms with Crippen molar-refractivity contribution in [2.75, 3.05) is 11.9 Å². The highest BCUT2D eigenvalue weighted by Gasteiger charge is 2.15. The summed E-state index contributed by atoms with van der Waals surface area (Å²) in [5.74, 6) is 0.824. The Hall–Kier alpha value is -4.85. The summed E-state index contributed by atoms with van der Waals surface area (Å²) in [6, 6.07) is 25.5. The van der Waals surface area contributed by atoms with Gasteiger partial charge in [0.1, 0.15) is 30.6 Å². The van der Waals surface area contributed by atoms with Crippen LogP contribution in [-0.4, -0.2) is 17.4 Å². The molecule has 0 saturated heterocycles. The van der Waals surface area contributed by atoms with Crippen molar-refractivity contribution in [1.29, 1.82) is 5.26 Å². The maximum absolute atomic E-state index is 12.9. The van der Waals surface area contributed by atoms with Gasteiger partial charge in [-0.05, 0) is 94.7 Å². The molecular formula is C32H25BrClN3O6. The Morgan fingerprint density at radius 3 is 2.40 bits per heavy atom. The van der Waals surface area contributed by atoms with E-state index in [2.05, 4.69) is 21.2 Å². The second-order valence-electron chi connectivity index (χ2n) is 9.00. The minimum absolute atomic E-state index is 0.0102. The molecule has 11 heteroatoms. The predicted molar refractivity (Wildman–Crippen MR) is 167 cm³/mol. The molecule has 0 aromatic heterocycles. The average molecular weight is 663 g/mol. The van der Waals surface area contributed by atoms with Gasteiger partial charge in [-0.2, -0.15) is 5.26 Å². The van der Waals surface area contributed by atoms with Gasteiger partial charge < -0.3 is 19.5 Å². The third kappa shape index (κ3) is 8.58. The van der Waals surface area contributed by atoms with E-state index < -0.39 is 10.8 Å². The summed E-state index contributed by atoms with van der Waals surface area (Å²) < 4.78 is 18.0. The third-order valence-electron chi connectivity index (χ3n) is 6.00. The summed E-state index contributed by atoms with van der Waals surface area (Å²) in [6.07, 6.45) is 1.45. The number of ether oxygens (including phenoxy) is 3. The van der Waals surface area contributed by atoms with Crippen LogP contribution in [0.5, 0.6) is 17.2 Å². The molecule has 0 bridgehead atoms. The van der Waals surface area contributed by atoms with E-state index in [9.17, 15) is 20.2 Å². The van der Waals surface area contributed by atoms with E-state index in [4.69, 9.17) is 25.8 Å². The number of nitrogens with zero attached hydrogens (tertiary/aromatic N) is 2. The Morgan fingerprint density at radius 1 is 1.02 bits per heavy atom. The first kappa shape index (κ1) is 31.1. The summed E-state index contributed by atoms with van der Waals surface area (Å²) >= 11 is 9.66. The number of halogens is 2. The van der Waals surface area contributed by atoms with E-state index in [1.54, 1.807) is 54.6 Å². The van der Waals surface area contributed by atoms with Crippen LogP contribution in [0.25, 0.3) is 6.08 Å². The number of hydrogen-bond acceptors (Lipinski definition) is 7. The van der Waals surface area contributed by atoms with Crippen molar-refractivity contribution in [1.82, 2.24) is 0 Å². The second kappa shape index (κ2) is 14.9. The van der Waals surface area contributed by atoms with E-state index in [1.165, 1.54) is 18.2 Å². The summed E-state index contributed by atoms with van der Waals surface area (Å²) in [6.45, 7) is 2.60. The molecular weight excluding hydrogens is 638 g/mol. The summed E-state index contributed by atoms with van der Waals surface area (Å²) in [7, 11) is 0. The largest absolute Gasteiger partial charge is 0.490 e. The fourth-order valence-electron chi connectivity index (χ4n) is 3.87. The number of benzene rings is 4. The number of hydrogen-bond donors (Lipinski definition) is 1. The Bertz CT molecular complexity index is 1690. The molecule has 0 unspecified atom stereocenters. The fourth-order valence-corrected chi connectivity index (χ4v) is 4.63. The van der Waals surface area contributed by atoms with Crippen molar-refractivity contribution >= 4 is 50.9 Å². The van der Waals surface area contributed by atoms with Gasteiger partial charge in [-0.15, -0.1) is 0 Å². The van der Waals surface area contributed by atoms with Crippen LogP contribution in [-0.2, 0) is 18.0 Å². The van der Waals surface area contributed by atoms with Crippen LogP contribution in [0, 0.1) is 21.4 Å². The predicted octanol–water partition coefficient (Wildman–Crippen LogP) is 8.11. The van der Waals surface area contributed by atoms with E-state index in [0.29, 0.717) is 51.2 Å². The third-order valence-corrected chi connectivity index (χ3v) is 6.96. The SMILES string of the molecule is CCOc1cc(/C=C(\C#N)C(=O)Nc2ccc(OCc3ccccc3Cl)cc2)cc(Br)c1OCc1ccc([N+](=O)[O-])cc1. The second-order valence-corrected chi connectivity index (χ2v) is 10.3. The van der Waals surface area contributed by atoms with Crippen LogP contribution >= 0.6 is 27.5 Å². The number of carbonyl (C=O) groups is 1. The van der Waals surface area contributed by atoms with Gasteiger partial charge in [0.15, 0.2) is 11.5 Å². The molecule has 4 aromatic carbocycles. The van der Waals surface area contributed by atoms with Gasteiger partial charge in [0, 0.05) is 28.4 Å². The maximum Gasteiger partial charge on any atom is 0.269 e. The molecule has 0 saturated carbocycles. The summed E-state index contributed by atoms with van der Waals surface area (Å²) in [5.41, 5.74) is 2.48. The van der Waals surface area contributed by atoms with E-state index in [0.717, 1.165) is 11.1 Å². The molecule has 0 aliphatic rings. The van der Waals surface area contributed by atoms with Crippen LogP contribution in [0.2, 0.25) is 5.02 Å². The van der Waals surface area contributed by atoms with Crippen LogP contribution < -0.4 is 19.5 Å². The highest BCUT2D eigenvalue weighted by molar-refractivity contribution is 9.10. The average Bonchev–Trinajstić information content (AvgIpc) is 3.00. The molecule has 1 N–H and O–H groups in total. The molecule has 218 valence electrons. The lowest BCUT2D eigenvalue weighted by atomic mass is 10.1. The minimum Gasteiger partial charge on any atom is -0.490 e. The molecule has 0 radical (unpaired) electrons. The lowest BCUT2D eigenvalue weighted by Gasteiger charge is -2.15. The first-order valence-corrected chi connectivity index (χ1v) is 14.2. The van der Waals surface area contributed by atoms with Gasteiger partial charge in [-0.1, -0.05) is 29.8 Å². The first-order valence-electron chi connectivity index (χ1n) is 13.0. The van der Waals surface area contributed by atoms with Crippen LogP contribution in [0.1, 0.15) is 23.6 Å². The molecule has 0 atom stereocenters. The molecule has 0 aliphatic heterocycles. The minimum atomic E-state index is -0.584. The normalized spacial score (nSPS) is 10.9. The number of rotatable bonds is 12. The van der Waals surface area contributed by atoms with Crippen molar-refractivity contribution in [3.05, 3.63) is 127 Å². The molecule has 0 fully saturated rings. The van der Waals surface area contributed by atoms with Crippen molar-refractivity contribution in [3.8, 4) is 23.3 Å². The number of carbonyl (C=O) groups excluding carboxylic acids is 1. The number of anilines is 1. The smallest absolute Gasteiger partial charge is 0.269 e. The van der Waals surface area contributed by atoms with Gasteiger partial charge in [0.05, 0.1) is 16.0 Å². The molecule has 0 aliphatic carbocycles. The van der Waals surface area contributed by atoms with E-state index >= 15 is 0 Å². The Kier molecular flexibility index (Phi) is 10.7. The number of amides is 1. The molecule has 4 rings (SSSR count). The first-order chi connectivity index (χ1) is 20.8. The molecule has 4 aromatic rings. The van der Waals surface area contributed by atoms with Crippen LogP contribution in [0.4, 0.5) is 11.4 Å². The number of nitro groups is 1. The van der Waals surface area contributed by atoms with Gasteiger partial charge in [0.2, 0.25) is 0 Å². The standard InChI is InChI=1S/C32H25BrClN3O6/c1-2-41-30-17-22(16-28(33)31(30)43-19-21-7-11-26(12-8-21)37(39)40)15-24(18-35)32(38)36-25-9-13-27(14-10-25)42-20-23-5-3-4-6-29(23)34/h3-17H,2,19-20H2,1H3,(H,36,38)/b24-15+. The van der Waals surface area contributed by atoms with Gasteiger partial charge in [-0.25, -0.2) is 0 Å². The Labute approximate surface area is 261 Å². The van der Waals surface area contributed by atoms with E-state index in [-0.39, 0.29) is 17.9 Å². The molecule has 1 amide bonds. The van der Waals surface area contributed by atoms with Crippen molar-refractivity contribution in [2.45, 2.75) is 20.1 Å². The number of nitro benzene ring substituents is 1. The highest BCUT2D eigenvalue weighted by Crippen LogP contribution is 2.38. The Balaban J connectivity index is 1.43. The quantitative estimate of drug-likeness (QED) is 0.0703. The molecule has 9 nitrogen and oxygen atoms in total. The Morgan fingerprint density at radius 2 is 1.74 bits per heavy atom. The zero-order valence-electron chi connectivity index (χ0n) is 22.9. The van der Waals surface area contributed by atoms with Gasteiger partial charge in [-0.3, -0.25) is 14.9 Å². The van der Waals surface area contributed by atoms with Crippen LogP contribution in [0.15, 0.2) is 95.0 Å². The van der Waals surface area contributed by atoms with Crippen molar-refractivity contribution in [2.24, 2.45) is 0 Å². The molecule has 0 heterocycles. The molecule has 0 spiro atoms. The topological polar surface area (TPSA) is 124 Å². The zero-order valence-corrected chi connectivity index (χ0v) is 25.2. The number of nitriles is 1. The van der Waals surface area contributed by atoms with Gasteiger partial charge in [0.25, 0.3) is 11.6 Å². The van der Waals surface area contributed by atoms with Crippen molar-refractivity contribution < 1.29 is 23.9 Å². The van der Waals surface area contributed by atoms with Crippen molar-refractivity contribution in [3.63, 3.8) is 0 Å². The zero-order chi connectivity index (χ0) is 30.8. The van der Waals surface area contributed by atoms with Gasteiger partial charge >= 0.3 is 0 Å². The number of non-ortho nitro benzene ring substituents is 1. The van der Waals surface area contributed by atoms with E-state index in [1.807, 2.05) is 31.2 Å². The summed E-state index contributed by atoms with van der Waals surface area (Å²) in [4.78, 5) is 23.3. The lowest BCUT2D eigenvalue weighted by Crippen LogP contribution is -2.13. The molecule has 43 heavy (non-hydrogen) atoms.